The van der Waals surface area contributed by atoms with E-state index in [2.05, 4.69) is 15.6 Å². The number of aromatic nitrogens is 2. The average molecular weight is 371 g/mol. The van der Waals surface area contributed by atoms with Gasteiger partial charge in [0.25, 0.3) is 0 Å². The number of hydrogen-bond donors (Lipinski definition) is 4. The highest BCUT2D eigenvalue weighted by Crippen LogP contribution is 2.12. The zero-order valence-electron chi connectivity index (χ0n) is 14.4. The SMILES string of the molecule is CC(=O)NC(CSC(=O)[C@H](Cc1cncn1C)NCCCN)C(=O)O. The minimum absolute atomic E-state index is 0.0335. The summed E-state index contributed by atoms with van der Waals surface area (Å²) in [6.07, 6.45) is 4.50. The third-order valence-corrected chi connectivity index (χ3v) is 4.52. The number of amides is 1. The van der Waals surface area contributed by atoms with Crippen molar-refractivity contribution in [2.75, 3.05) is 18.8 Å². The van der Waals surface area contributed by atoms with Crippen LogP contribution in [0, 0.1) is 0 Å². The predicted octanol–water partition coefficient (Wildman–Crippen LogP) is -0.881. The van der Waals surface area contributed by atoms with Crippen LogP contribution < -0.4 is 16.4 Å². The quantitative estimate of drug-likeness (QED) is 0.368. The molecule has 0 aliphatic carbocycles. The van der Waals surface area contributed by atoms with Crippen molar-refractivity contribution in [1.82, 2.24) is 20.2 Å². The largest absolute Gasteiger partial charge is 0.480 e. The van der Waals surface area contributed by atoms with E-state index in [-0.39, 0.29) is 10.9 Å². The summed E-state index contributed by atoms with van der Waals surface area (Å²) in [6.45, 7) is 2.33. The summed E-state index contributed by atoms with van der Waals surface area (Å²) < 4.78 is 1.83. The lowest BCUT2D eigenvalue weighted by molar-refractivity contribution is -0.140. The summed E-state index contributed by atoms with van der Waals surface area (Å²) in [6, 6.07) is -1.59. The van der Waals surface area contributed by atoms with Crippen LogP contribution in [-0.2, 0) is 27.9 Å². The second kappa shape index (κ2) is 10.9. The Balaban J connectivity index is 2.68. The molecule has 0 saturated heterocycles. The molecule has 1 amide bonds. The van der Waals surface area contributed by atoms with E-state index in [0.29, 0.717) is 19.5 Å². The van der Waals surface area contributed by atoms with Gasteiger partial charge in [0.1, 0.15) is 6.04 Å². The van der Waals surface area contributed by atoms with E-state index in [0.717, 1.165) is 23.9 Å². The molecule has 0 saturated carbocycles. The van der Waals surface area contributed by atoms with Crippen LogP contribution in [0.3, 0.4) is 0 Å². The summed E-state index contributed by atoms with van der Waals surface area (Å²) >= 11 is 0.891. The fraction of sp³-hybridized carbons (Fsp3) is 0.600. The Kier molecular flexibility index (Phi) is 9.17. The van der Waals surface area contributed by atoms with E-state index in [1.165, 1.54) is 6.92 Å². The Morgan fingerprint density at radius 3 is 2.64 bits per heavy atom. The Hall–Kier alpha value is -1.91. The van der Waals surface area contributed by atoms with Crippen molar-refractivity contribution in [3.8, 4) is 0 Å². The van der Waals surface area contributed by atoms with Crippen molar-refractivity contribution >= 4 is 28.8 Å². The van der Waals surface area contributed by atoms with Gasteiger partial charge in [-0.1, -0.05) is 11.8 Å². The van der Waals surface area contributed by atoms with Crippen LogP contribution in [0.5, 0.6) is 0 Å². The summed E-state index contributed by atoms with van der Waals surface area (Å²) in [7, 11) is 1.84. The highest BCUT2D eigenvalue weighted by Gasteiger charge is 2.24. The van der Waals surface area contributed by atoms with E-state index in [9.17, 15) is 14.4 Å². The van der Waals surface area contributed by atoms with Gasteiger partial charge in [-0.3, -0.25) is 9.59 Å². The zero-order valence-corrected chi connectivity index (χ0v) is 15.2. The number of nitrogens with one attached hydrogen (secondary N) is 2. The van der Waals surface area contributed by atoms with E-state index >= 15 is 0 Å². The minimum atomic E-state index is -1.17. The smallest absolute Gasteiger partial charge is 0.327 e. The number of aryl methyl sites for hydroxylation is 1. The first-order chi connectivity index (χ1) is 11.8. The first-order valence-electron chi connectivity index (χ1n) is 7.90. The third-order valence-electron chi connectivity index (χ3n) is 3.45. The molecule has 0 aliphatic heterocycles. The van der Waals surface area contributed by atoms with Gasteiger partial charge in [0, 0.05) is 38.0 Å². The molecule has 5 N–H and O–H groups in total. The lowest BCUT2D eigenvalue weighted by Crippen LogP contribution is -2.43. The lowest BCUT2D eigenvalue weighted by Gasteiger charge is -2.19. The number of nitrogens with two attached hydrogens (primary N) is 1. The number of carboxylic acid groups (broad SMARTS) is 1. The highest BCUT2D eigenvalue weighted by atomic mass is 32.2. The molecule has 25 heavy (non-hydrogen) atoms. The van der Waals surface area contributed by atoms with E-state index in [1.54, 1.807) is 12.5 Å². The number of carbonyl (C=O) groups is 3. The number of nitrogens with zero attached hydrogens (tertiary/aromatic N) is 2. The molecule has 0 aromatic carbocycles. The monoisotopic (exact) mass is 371 g/mol. The maximum absolute atomic E-state index is 12.5. The second-order valence-corrected chi connectivity index (χ2v) is 6.59. The molecule has 0 spiro atoms. The van der Waals surface area contributed by atoms with Crippen LogP contribution in [0.25, 0.3) is 0 Å². The molecule has 0 aliphatic rings. The van der Waals surface area contributed by atoms with Gasteiger partial charge in [-0.2, -0.15) is 0 Å². The number of aliphatic carboxylic acids is 1. The third kappa shape index (κ3) is 7.67. The maximum Gasteiger partial charge on any atom is 0.327 e. The van der Waals surface area contributed by atoms with Crippen LogP contribution in [0.1, 0.15) is 19.0 Å². The summed E-state index contributed by atoms with van der Waals surface area (Å²) in [5.74, 6) is -1.66. The first-order valence-corrected chi connectivity index (χ1v) is 8.89. The number of thioether (sulfide) groups is 1. The van der Waals surface area contributed by atoms with Crippen molar-refractivity contribution in [2.24, 2.45) is 12.8 Å². The Morgan fingerprint density at radius 1 is 1.40 bits per heavy atom. The van der Waals surface area contributed by atoms with Crippen molar-refractivity contribution in [3.05, 3.63) is 18.2 Å². The molecule has 1 aromatic rings. The molecule has 10 heteroatoms. The van der Waals surface area contributed by atoms with Crippen LogP contribution in [0.2, 0.25) is 0 Å². The molecule has 1 heterocycles. The Morgan fingerprint density at radius 2 is 2.12 bits per heavy atom. The van der Waals surface area contributed by atoms with Gasteiger partial charge in [0.2, 0.25) is 11.0 Å². The van der Waals surface area contributed by atoms with Crippen LogP contribution in [0.15, 0.2) is 12.5 Å². The number of imidazole rings is 1. The maximum atomic E-state index is 12.5. The first kappa shape index (κ1) is 21.1. The minimum Gasteiger partial charge on any atom is -0.480 e. The fourth-order valence-electron chi connectivity index (χ4n) is 2.09. The van der Waals surface area contributed by atoms with E-state index in [4.69, 9.17) is 10.8 Å². The molecule has 0 fully saturated rings. The molecule has 140 valence electrons. The number of carbonyl (C=O) groups excluding carboxylic acids is 2. The van der Waals surface area contributed by atoms with Crippen LogP contribution >= 0.6 is 11.8 Å². The number of rotatable bonds is 11. The Bertz CT molecular complexity index is 592. The summed E-state index contributed by atoms with van der Waals surface area (Å²) in [5.41, 5.74) is 6.36. The van der Waals surface area contributed by atoms with Gasteiger partial charge in [-0.05, 0) is 19.5 Å². The molecule has 2 atom stereocenters. The van der Waals surface area contributed by atoms with Gasteiger partial charge in [-0.15, -0.1) is 0 Å². The van der Waals surface area contributed by atoms with Gasteiger partial charge in [0.05, 0.1) is 12.4 Å². The molecule has 9 nitrogen and oxygen atoms in total. The van der Waals surface area contributed by atoms with Gasteiger partial charge in [-0.25, -0.2) is 9.78 Å². The van der Waals surface area contributed by atoms with E-state index in [1.807, 2.05) is 11.6 Å². The van der Waals surface area contributed by atoms with E-state index < -0.39 is 24.0 Å². The van der Waals surface area contributed by atoms with Gasteiger partial charge in [0.15, 0.2) is 0 Å². The van der Waals surface area contributed by atoms with Crippen molar-refractivity contribution < 1.29 is 19.5 Å². The summed E-state index contributed by atoms with van der Waals surface area (Å²) in [5, 5.41) is 14.4. The topological polar surface area (TPSA) is 139 Å². The fourth-order valence-corrected chi connectivity index (χ4v) is 3.02. The predicted molar refractivity (Wildman–Crippen MR) is 95.1 cm³/mol. The lowest BCUT2D eigenvalue weighted by atomic mass is 10.2. The van der Waals surface area contributed by atoms with Crippen LogP contribution in [0.4, 0.5) is 0 Å². The normalized spacial score (nSPS) is 13.2. The van der Waals surface area contributed by atoms with Crippen LogP contribution in [-0.4, -0.2) is 62.6 Å². The number of carboxylic acids is 1. The van der Waals surface area contributed by atoms with Gasteiger partial charge < -0.3 is 26.0 Å². The molecule has 0 radical (unpaired) electrons. The molecule has 1 unspecified atom stereocenters. The Labute approximate surface area is 150 Å². The van der Waals surface area contributed by atoms with Gasteiger partial charge >= 0.3 is 5.97 Å². The van der Waals surface area contributed by atoms with Crippen molar-refractivity contribution in [2.45, 2.75) is 31.8 Å². The van der Waals surface area contributed by atoms with Crippen molar-refractivity contribution in [3.63, 3.8) is 0 Å². The molecule has 1 rings (SSSR count). The summed E-state index contributed by atoms with van der Waals surface area (Å²) in [4.78, 5) is 38.8. The number of hydrogen-bond acceptors (Lipinski definition) is 7. The zero-order chi connectivity index (χ0) is 18.8. The van der Waals surface area contributed by atoms with Crippen molar-refractivity contribution in [1.29, 1.82) is 0 Å². The molecular formula is C15H25N5O4S. The second-order valence-electron chi connectivity index (χ2n) is 5.57. The molecular weight excluding hydrogens is 346 g/mol. The molecule has 0 bridgehead atoms. The highest BCUT2D eigenvalue weighted by molar-refractivity contribution is 8.13. The standard InChI is InChI=1S/C15H25N5O4S/c1-10(21)19-13(14(22)23)8-25-15(24)12(18-5-3-4-16)6-11-7-17-9-20(11)2/h7,9,12-13,18H,3-6,8,16H2,1-2H3,(H,19,21)(H,22,23)/t12-,13?/m0/s1. The molecule has 1 aromatic heterocycles. The average Bonchev–Trinajstić information content (AvgIpc) is 2.94.